The Hall–Kier alpha value is 0.720. The molecule has 0 amide bonds. The summed E-state index contributed by atoms with van der Waals surface area (Å²) in [6.45, 7) is 7.31. The fraction of sp³-hybridized carbons (Fsp3) is 1.00. The fourth-order valence-electron chi connectivity index (χ4n) is 1.31. The van der Waals surface area contributed by atoms with Gasteiger partial charge in [-0.05, 0) is 0 Å². The normalized spacial score (nSPS) is 11.2. The predicted octanol–water partition coefficient (Wildman–Crippen LogP) is 1.88. The Balaban J connectivity index is 2.91. The standard InChI is InChI=1S/C14H28Br2O6/c15-1-3-17-5-7-19-9-11-21-13-14-22-12-10-20-8-6-18-4-2-16/h1-14H2. The van der Waals surface area contributed by atoms with Crippen LogP contribution in [0.15, 0.2) is 0 Å². The zero-order valence-corrected chi connectivity index (χ0v) is 16.3. The summed E-state index contributed by atoms with van der Waals surface area (Å²) >= 11 is 6.57. The van der Waals surface area contributed by atoms with Gasteiger partial charge in [0.25, 0.3) is 0 Å². The summed E-state index contributed by atoms with van der Waals surface area (Å²) in [7, 11) is 0. The summed E-state index contributed by atoms with van der Waals surface area (Å²) in [4.78, 5) is 0. The Kier molecular flexibility index (Phi) is 22.4. The molecular weight excluding hydrogens is 424 g/mol. The molecule has 0 aromatic rings. The molecule has 0 aliphatic heterocycles. The van der Waals surface area contributed by atoms with E-state index in [0.717, 1.165) is 10.7 Å². The SMILES string of the molecule is BrCCOCCOCCOCCOCCOCCOCCBr. The van der Waals surface area contributed by atoms with E-state index in [0.29, 0.717) is 79.3 Å². The summed E-state index contributed by atoms with van der Waals surface area (Å²) in [6, 6.07) is 0. The lowest BCUT2D eigenvalue weighted by Gasteiger charge is -2.07. The van der Waals surface area contributed by atoms with Crippen LogP contribution < -0.4 is 0 Å². The van der Waals surface area contributed by atoms with Gasteiger partial charge in [0, 0.05) is 10.7 Å². The molecule has 134 valence electrons. The van der Waals surface area contributed by atoms with Gasteiger partial charge in [-0.15, -0.1) is 0 Å². The lowest BCUT2D eigenvalue weighted by molar-refractivity contribution is -0.0154. The van der Waals surface area contributed by atoms with E-state index in [9.17, 15) is 0 Å². The molecule has 0 bridgehead atoms. The number of hydrogen-bond acceptors (Lipinski definition) is 6. The maximum atomic E-state index is 5.37. The second-order valence-electron chi connectivity index (χ2n) is 4.05. The summed E-state index contributed by atoms with van der Waals surface area (Å²) in [6.07, 6.45) is 0. The number of ether oxygens (including phenoxy) is 6. The van der Waals surface area contributed by atoms with Gasteiger partial charge in [-0.2, -0.15) is 0 Å². The highest BCUT2D eigenvalue weighted by atomic mass is 79.9. The van der Waals surface area contributed by atoms with E-state index in [1.165, 1.54) is 0 Å². The molecule has 0 fully saturated rings. The molecule has 0 heterocycles. The van der Waals surface area contributed by atoms with Crippen molar-refractivity contribution in [2.45, 2.75) is 0 Å². The van der Waals surface area contributed by atoms with Gasteiger partial charge in [-0.3, -0.25) is 0 Å². The van der Waals surface area contributed by atoms with Gasteiger partial charge in [-0.1, -0.05) is 31.9 Å². The van der Waals surface area contributed by atoms with Crippen molar-refractivity contribution in [3.05, 3.63) is 0 Å². The quantitative estimate of drug-likeness (QED) is 0.221. The Morgan fingerprint density at radius 2 is 0.500 bits per heavy atom. The largest absolute Gasteiger partial charge is 0.378 e. The van der Waals surface area contributed by atoms with Crippen LogP contribution in [0.2, 0.25) is 0 Å². The molecule has 0 atom stereocenters. The van der Waals surface area contributed by atoms with E-state index in [2.05, 4.69) is 31.9 Å². The highest BCUT2D eigenvalue weighted by molar-refractivity contribution is 9.09. The smallest absolute Gasteiger partial charge is 0.0701 e. The van der Waals surface area contributed by atoms with Crippen molar-refractivity contribution >= 4 is 31.9 Å². The highest BCUT2D eigenvalue weighted by Gasteiger charge is 1.93. The molecule has 6 nitrogen and oxygen atoms in total. The average Bonchev–Trinajstić information content (AvgIpc) is 2.54. The molecule has 0 aliphatic carbocycles. The first-order valence-electron chi connectivity index (χ1n) is 7.50. The number of hydrogen-bond donors (Lipinski definition) is 0. The third kappa shape index (κ3) is 20.7. The second-order valence-corrected chi connectivity index (χ2v) is 5.64. The Morgan fingerprint density at radius 3 is 0.682 bits per heavy atom. The molecule has 0 N–H and O–H groups in total. The van der Waals surface area contributed by atoms with E-state index in [1.807, 2.05) is 0 Å². The molecule has 8 heteroatoms. The minimum Gasteiger partial charge on any atom is -0.378 e. The van der Waals surface area contributed by atoms with Crippen molar-refractivity contribution in [2.24, 2.45) is 0 Å². The molecule has 0 saturated heterocycles. The number of alkyl halides is 2. The minimum atomic E-state index is 0.567. The van der Waals surface area contributed by atoms with Crippen molar-refractivity contribution in [3.8, 4) is 0 Å². The third-order valence-electron chi connectivity index (χ3n) is 2.30. The summed E-state index contributed by atoms with van der Waals surface area (Å²) in [5.74, 6) is 0. The van der Waals surface area contributed by atoms with Gasteiger partial charge in [0.05, 0.1) is 79.3 Å². The van der Waals surface area contributed by atoms with Gasteiger partial charge in [0.15, 0.2) is 0 Å². The van der Waals surface area contributed by atoms with Gasteiger partial charge in [0.1, 0.15) is 0 Å². The molecule has 0 unspecified atom stereocenters. The van der Waals surface area contributed by atoms with Crippen LogP contribution in [0.25, 0.3) is 0 Å². The van der Waals surface area contributed by atoms with Crippen LogP contribution in [0.1, 0.15) is 0 Å². The summed E-state index contributed by atoms with van der Waals surface area (Å²) in [5.41, 5.74) is 0. The van der Waals surface area contributed by atoms with Crippen LogP contribution in [0.5, 0.6) is 0 Å². The fourth-order valence-corrected chi connectivity index (χ4v) is 1.77. The van der Waals surface area contributed by atoms with E-state index in [4.69, 9.17) is 28.4 Å². The van der Waals surface area contributed by atoms with Crippen molar-refractivity contribution < 1.29 is 28.4 Å². The maximum absolute atomic E-state index is 5.37. The third-order valence-corrected chi connectivity index (χ3v) is 2.95. The van der Waals surface area contributed by atoms with Crippen LogP contribution in [-0.4, -0.2) is 89.9 Å². The van der Waals surface area contributed by atoms with Gasteiger partial charge in [-0.25, -0.2) is 0 Å². The predicted molar refractivity (Wildman–Crippen MR) is 92.5 cm³/mol. The van der Waals surface area contributed by atoms with Crippen LogP contribution in [0.3, 0.4) is 0 Å². The lowest BCUT2D eigenvalue weighted by atomic mass is 10.7. The zero-order chi connectivity index (χ0) is 16.1. The molecule has 0 aromatic carbocycles. The van der Waals surface area contributed by atoms with Crippen molar-refractivity contribution in [2.75, 3.05) is 89.9 Å². The van der Waals surface area contributed by atoms with Crippen molar-refractivity contribution in [1.82, 2.24) is 0 Å². The van der Waals surface area contributed by atoms with Gasteiger partial charge in [0.2, 0.25) is 0 Å². The Bertz CT molecular complexity index is 180. The first-order valence-corrected chi connectivity index (χ1v) is 9.74. The van der Waals surface area contributed by atoms with E-state index in [1.54, 1.807) is 0 Å². The molecule has 0 rings (SSSR count). The van der Waals surface area contributed by atoms with Crippen molar-refractivity contribution in [1.29, 1.82) is 0 Å². The lowest BCUT2D eigenvalue weighted by Crippen LogP contribution is -2.14. The monoisotopic (exact) mass is 450 g/mol. The first kappa shape index (κ1) is 22.7. The van der Waals surface area contributed by atoms with Crippen LogP contribution in [0.4, 0.5) is 0 Å². The van der Waals surface area contributed by atoms with Crippen LogP contribution in [0, 0.1) is 0 Å². The topological polar surface area (TPSA) is 55.4 Å². The molecule has 0 spiro atoms. The second kappa shape index (κ2) is 21.7. The molecule has 0 aliphatic rings. The zero-order valence-electron chi connectivity index (χ0n) is 13.1. The molecule has 0 saturated carbocycles. The van der Waals surface area contributed by atoms with E-state index < -0.39 is 0 Å². The van der Waals surface area contributed by atoms with E-state index in [-0.39, 0.29) is 0 Å². The molecule has 22 heavy (non-hydrogen) atoms. The Morgan fingerprint density at radius 1 is 0.318 bits per heavy atom. The Labute approximate surface area is 150 Å². The van der Waals surface area contributed by atoms with Crippen LogP contribution >= 0.6 is 31.9 Å². The summed E-state index contributed by atoms with van der Waals surface area (Å²) < 4.78 is 31.9. The first-order chi connectivity index (χ1) is 10.9. The molecule has 0 aromatic heterocycles. The number of rotatable bonds is 19. The minimum absolute atomic E-state index is 0.567. The number of halogens is 2. The van der Waals surface area contributed by atoms with Gasteiger partial charge >= 0.3 is 0 Å². The maximum Gasteiger partial charge on any atom is 0.0701 e. The molecular formula is C14H28Br2O6. The van der Waals surface area contributed by atoms with Gasteiger partial charge < -0.3 is 28.4 Å². The van der Waals surface area contributed by atoms with Crippen molar-refractivity contribution in [3.63, 3.8) is 0 Å². The average molecular weight is 452 g/mol. The summed E-state index contributed by atoms with van der Waals surface area (Å²) in [5, 5.41) is 1.71. The van der Waals surface area contributed by atoms with Crippen LogP contribution in [-0.2, 0) is 28.4 Å². The van der Waals surface area contributed by atoms with E-state index >= 15 is 0 Å². The molecule has 0 radical (unpaired) electrons. The highest BCUT2D eigenvalue weighted by Crippen LogP contribution is 1.86.